The molecule has 0 saturated heterocycles. The van der Waals surface area contributed by atoms with Crippen molar-refractivity contribution in [1.29, 1.82) is 0 Å². The molecule has 1 aliphatic heterocycles. The summed E-state index contributed by atoms with van der Waals surface area (Å²) < 4.78 is 46.2. The number of hydrazone groups is 1. The van der Waals surface area contributed by atoms with Gasteiger partial charge in [0.05, 0.1) is 24.0 Å². The van der Waals surface area contributed by atoms with Crippen LogP contribution in [0.25, 0.3) is 0 Å². The van der Waals surface area contributed by atoms with E-state index in [1.54, 1.807) is 24.3 Å². The topological polar surface area (TPSA) is 66.0 Å². The largest absolute Gasteiger partial charge is 0.469 e. The summed E-state index contributed by atoms with van der Waals surface area (Å²) in [5.41, 5.74) is -3.17. The van der Waals surface area contributed by atoms with Gasteiger partial charge >= 0.3 is 6.18 Å². The molecule has 3 rings (SSSR count). The summed E-state index contributed by atoms with van der Waals surface area (Å²) in [5.74, 6) is -0.944. The van der Waals surface area contributed by atoms with Crippen molar-refractivity contribution in [2.75, 3.05) is 0 Å². The predicted molar refractivity (Wildman–Crippen MR) is 85.9 cm³/mol. The van der Waals surface area contributed by atoms with E-state index in [0.29, 0.717) is 5.56 Å². The van der Waals surface area contributed by atoms with Crippen LogP contribution in [0.2, 0.25) is 0 Å². The molecule has 5 nitrogen and oxygen atoms in total. The lowest BCUT2D eigenvalue weighted by atomic mass is 10.0. The van der Waals surface area contributed by atoms with E-state index in [1.807, 2.05) is 0 Å². The Morgan fingerprint density at radius 1 is 1.32 bits per heavy atom. The molecular formula is C16H12BrF3N2O3. The molecule has 1 aromatic heterocycles. The number of rotatable bonds is 2. The van der Waals surface area contributed by atoms with Crippen LogP contribution in [0, 0.1) is 6.92 Å². The maximum absolute atomic E-state index is 13.5. The van der Waals surface area contributed by atoms with Crippen LogP contribution in [0.3, 0.4) is 0 Å². The van der Waals surface area contributed by atoms with Crippen LogP contribution in [0.1, 0.15) is 28.1 Å². The molecule has 0 fully saturated rings. The molecule has 0 bridgehead atoms. The summed E-state index contributed by atoms with van der Waals surface area (Å²) in [6, 6.07) is 7.61. The number of carbonyl (C=O) groups excluding carboxylic acids is 1. The Hall–Kier alpha value is -2.13. The third-order valence-electron chi connectivity index (χ3n) is 3.90. The zero-order valence-corrected chi connectivity index (χ0v) is 14.4. The molecule has 0 aliphatic carbocycles. The predicted octanol–water partition coefficient (Wildman–Crippen LogP) is 3.85. The molecule has 1 aromatic carbocycles. The smallest absolute Gasteiger partial charge is 0.438 e. The molecule has 0 radical (unpaired) electrons. The van der Waals surface area contributed by atoms with E-state index in [0.717, 1.165) is 4.47 Å². The highest BCUT2D eigenvalue weighted by Crippen LogP contribution is 2.42. The molecular weight excluding hydrogens is 405 g/mol. The molecule has 1 amide bonds. The van der Waals surface area contributed by atoms with E-state index >= 15 is 0 Å². The number of hydrogen-bond donors (Lipinski definition) is 1. The SMILES string of the molecule is Cc1occc1C(=O)N1N=C(c2ccc(Br)cc2)CC1(O)C(F)(F)F. The minimum Gasteiger partial charge on any atom is -0.469 e. The summed E-state index contributed by atoms with van der Waals surface area (Å²) >= 11 is 3.23. The maximum Gasteiger partial charge on any atom is 0.438 e. The van der Waals surface area contributed by atoms with Gasteiger partial charge in [-0.1, -0.05) is 28.1 Å². The monoisotopic (exact) mass is 416 g/mol. The molecule has 132 valence electrons. The highest BCUT2D eigenvalue weighted by Gasteiger charge is 2.63. The third kappa shape index (κ3) is 2.98. The molecule has 0 saturated carbocycles. The van der Waals surface area contributed by atoms with Gasteiger partial charge in [0, 0.05) is 4.47 Å². The molecule has 1 atom stereocenters. The summed E-state index contributed by atoms with van der Waals surface area (Å²) in [4.78, 5) is 12.5. The Kier molecular flexibility index (Phi) is 4.24. The van der Waals surface area contributed by atoms with E-state index in [-0.39, 0.29) is 22.0 Å². The Bertz CT molecular complexity index is 845. The molecule has 1 N–H and O–H groups in total. The fourth-order valence-corrected chi connectivity index (χ4v) is 2.77. The van der Waals surface area contributed by atoms with Crippen LogP contribution in [0.5, 0.6) is 0 Å². The molecule has 1 unspecified atom stereocenters. The molecule has 0 spiro atoms. The van der Waals surface area contributed by atoms with E-state index in [1.165, 1.54) is 19.3 Å². The Balaban J connectivity index is 2.05. The summed E-state index contributed by atoms with van der Waals surface area (Å²) in [6.45, 7) is 1.44. The summed E-state index contributed by atoms with van der Waals surface area (Å²) in [6.07, 6.45) is -4.76. The van der Waals surface area contributed by atoms with E-state index in [2.05, 4.69) is 21.0 Å². The van der Waals surface area contributed by atoms with Crippen LogP contribution in [0.4, 0.5) is 13.2 Å². The number of carbonyl (C=O) groups is 1. The van der Waals surface area contributed by atoms with Gasteiger partial charge in [0.25, 0.3) is 11.6 Å². The number of hydrogen-bond acceptors (Lipinski definition) is 4. The van der Waals surface area contributed by atoms with Crippen LogP contribution >= 0.6 is 15.9 Å². The normalized spacial score (nSPS) is 20.7. The lowest BCUT2D eigenvalue weighted by Gasteiger charge is -2.32. The van der Waals surface area contributed by atoms with Gasteiger partial charge in [0.2, 0.25) is 0 Å². The van der Waals surface area contributed by atoms with Gasteiger partial charge in [-0.3, -0.25) is 4.79 Å². The van der Waals surface area contributed by atoms with Crippen LogP contribution in [0.15, 0.2) is 50.6 Å². The molecule has 2 aromatic rings. The molecule has 1 aliphatic rings. The van der Waals surface area contributed by atoms with Gasteiger partial charge in [0.1, 0.15) is 5.76 Å². The summed E-state index contributed by atoms with van der Waals surface area (Å²) in [7, 11) is 0. The van der Waals surface area contributed by atoms with Crippen molar-refractivity contribution in [3.05, 3.63) is 58.0 Å². The standard InChI is InChI=1S/C16H12BrF3N2O3/c1-9-12(6-7-25-9)14(23)22-15(24,16(18,19)20)8-13(21-22)10-2-4-11(17)5-3-10/h2-7,24H,8H2,1H3. The first kappa shape index (κ1) is 17.7. The van der Waals surface area contributed by atoms with E-state index in [9.17, 15) is 23.1 Å². The number of benzene rings is 1. The van der Waals surface area contributed by atoms with Crippen molar-refractivity contribution >= 4 is 27.5 Å². The van der Waals surface area contributed by atoms with Crippen molar-refractivity contribution in [1.82, 2.24) is 5.01 Å². The Morgan fingerprint density at radius 2 is 1.96 bits per heavy atom. The quantitative estimate of drug-likeness (QED) is 0.808. The number of nitrogens with zero attached hydrogens (tertiary/aromatic N) is 2. The van der Waals surface area contributed by atoms with E-state index in [4.69, 9.17) is 4.42 Å². The average molecular weight is 417 g/mol. The van der Waals surface area contributed by atoms with Crippen LogP contribution in [-0.2, 0) is 0 Å². The minimum absolute atomic E-state index is 0.0400. The highest BCUT2D eigenvalue weighted by molar-refractivity contribution is 9.10. The second-order valence-electron chi connectivity index (χ2n) is 5.55. The first-order valence-corrected chi connectivity index (χ1v) is 7.94. The van der Waals surface area contributed by atoms with Crippen molar-refractivity contribution in [2.45, 2.75) is 25.2 Å². The second-order valence-corrected chi connectivity index (χ2v) is 6.47. The fraction of sp³-hybridized carbons (Fsp3) is 0.250. The lowest BCUT2D eigenvalue weighted by Crippen LogP contribution is -2.56. The Morgan fingerprint density at radius 3 is 2.48 bits per heavy atom. The zero-order chi connectivity index (χ0) is 18.4. The molecule has 9 heteroatoms. The maximum atomic E-state index is 13.5. The van der Waals surface area contributed by atoms with Gasteiger partial charge in [-0.15, -0.1) is 0 Å². The first-order valence-electron chi connectivity index (χ1n) is 7.14. The Labute approximate surface area is 148 Å². The van der Waals surface area contributed by atoms with Gasteiger partial charge < -0.3 is 9.52 Å². The first-order chi connectivity index (χ1) is 11.6. The number of aliphatic hydroxyl groups is 1. The highest BCUT2D eigenvalue weighted by atomic mass is 79.9. The van der Waals surface area contributed by atoms with Gasteiger partial charge in [-0.05, 0) is 30.7 Å². The number of halogens is 4. The van der Waals surface area contributed by atoms with Crippen molar-refractivity contribution in [2.24, 2.45) is 5.10 Å². The van der Waals surface area contributed by atoms with Gasteiger partial charge in [-0.2, -0.15) is 23.3 Å². The van der Waals surface area contributed by atoms with E-state index < -0.39 is 24.2 Å². The second kappa shape index (κ2) is 5.99. The van der Waals surface area contributed by atoms with Crippen molar-refractivity contribution in [3.8, 4) is 0 Å². The minimum atomic E-state index is -5.08. The summed E-state index contributed by atoms with van der Waals surface area (Å²) in [5, 5.41) is 14.1. The van der Waals surface area contributed by atoms with Crippen LogP contribution < -0.4 is 0 Å². The number of alkyl halides is 3. The molecule has 25 heavy (non-hydrogen) atoms. The van der Waals surface area contributed by atoms with Gasteiger partial charge in [-0.25, -0.2) is 0 Å². The zero-order valence-electron chi connectivity index (χ0n) is 12.8. The van der Waals surface area contributed by atoms with Gasteiger partial charge in [0.15, 0.2) is 0 Å². The lowest BCUT2D eigenvalue weighted by molar-refractivity contribution is -0.297. The average Bonchev–Trinajstić information content (AvgIpc) is 3.11. The van der Waals surface area contributed by atoms with Crippen molar-refractivity contribution < 1.29 is 27.5 Å². The number of furan rings is 1. The number of aryl methyl sites for hydroxylation is 1. The van der Waals surface area contributed by atoms with Crippen molar-refractivity contribution in [3.63, 3.8) is 0 Å². The number of amides is 1. The third-order valence-corrected chi connectivity index (χ3v) is 4.43. The fourth-order valence-electron chi connectivity index (χ4n) is 2.50. The van der Waals surface area contributed by atoms with Crippen LogP contribution in [-0.4, -0.2) is 33.6 Å². The molecule has 2 heterocycles.